The average molecular weight is 284 g/mol. The number of carbonyl (C=O) groups is 3. The Morgan fingerprint density at radius 3 is 2.70 bits per heavy atom. The fourth-order valence-electron chi connectivity index (χ4n) is 1.36. The molecule has 1 unspecified atom stereocenters. The van der Waals surface area contributed by atoms with Crippen LogP contribution in [0.1, 0.15) is 25.0 Å². The summed E-state index contributed by atoms with van der Waals surface area (Å²) in [6, 6.07) is -2.13. The van der Waals surface area contributed by atoms with E-state index in [9.17, 15) is 14.4 Å². The third-order valence-electron chi connectivity index (χ3n) is 2.36. The summed E-state index contributed by atoms with van der Waals surface area (Å²) < 4.78 is 5.26. The number of carbonyl (C=O) groups excluding carboxylic acids is 2. The van der Waals surface area contributed by atoms with Crippen molar-refractivity contribution in [3.63, 3.8) is 0 Å². The number of amides is 3. The van der Waals surface area contributed by atoms with Crippen LogP contribution >= 0.6 is 0 Å². The van der Waals surface area contributed by atoms with E-state index in [-0.39, 0.29) is 6.54 Å². The molecule has 0 aliphatic heterocycles. The summed E-state index contributed by atoms with van der Waals surface area (Å²) in [5.41, 5.74) is 4.89. The number of aryl methyl sites for hydroxylation is 1. The van der Waals surface area contributed by atoms with Crippen LogP contribution in [0, 0.1) is 0 Å². The highest BCUT2D eigenvalue weighted by Crippen LogP contribution is 2.03. The normalized spacial score (nSPS) is 11.7. The monoisotopic (exact) mass is 284 g/mol. The van der Waals surface area contributed by atoms with E-state index in [1.807, 2.05) is 6.92 Å². The van der Waals surface area contributed by atoms with E-state index in [0.29, 0.717) is 18.1 Å². The zero-order chi connectivity index (χ0) is 15.1. The molecule has 3 amide bonds. The molecule has 1 aromatic rings. The van der Waals surface area contributed by atoms with Crippen LogP contribution in [-0.4, -0.2) is 34.0 Å². The third-order valence-corrected chi connectivity index (χ3v) is 2.36. The molecular formula is C11H16N4O5. The van der Waals surface area contributed by atoms with Crippen molar-refractivity contribution in [2.45, 2.75) is 32.4 Å². The predicted molar refractivity (Wildman–Crippen MR) is 66.5 cm³/mol. The van der Waals surface area contributed by atoms with Gasteiger partial charge in [-0.3, -0.25) is 4.79 Å². The van der Waals surface area contributed by atoms with E-state index in [2.05, 4.69) is 15.6 Å². The van der Waals surface area contributed by atoms with E-state index in [1.165, 1.54) is 0 Å². The highest BCUT2D eigenvalue weighted by Gasteiger charge is 2.22. The van der Waals surface area contributed by atoms with E-state index >= 15 is 0 Å². The minimum atomic E-state index is -1.37. The van der Waals surface area contributed by atoms with Gasteiger partial charge in [0.2, 0.25) is 11.8 Å². The Morgan fingerprint density at radius 2 is 2.20 bits per heavy atom. The minimum Gasteiger partial charge on any atom is -0.480 e. The lowest BCUT2D eigenvalue weighted by atomic mass is 10.2. The SMILES string of the molecule is CCc1cnc(CNC(=O)NC(CC(N)=O)C(=O)O)o1. The Morgan fingerprint density at radius 1 is 1.50 bits per heavy atom. The molecule has 9 nitrogen and oxygen atoms in total. The van der Waals surface area contributed by atoms with Crippen molar-refractivity contribution < 1.29 is 23.9 Å². The van der Waals surface area contributed by atoms with Gasteiger partial charge in [-0.05, 0) is 0 Å². The first kappa shape index (κ1) is 15.5. The summed E-state index contributed by atoms with van der Waals surface area (Å²) in [5, 5.41) is 13.3. The molecule has 0 aliphatic carbocycles. The molecule has 0 spiro atoms. The predicted octanol–water partition coefficient (Wildman–Crippen LogP) is -0.635. The third kappa shape index (κ3) is 4.96. The van der Waals surface area contributed by atoms with Gasteiger partial charge < -0.3 is 25.9 Å². The minimum absolute atomic E-state index is 0.00867. The largest absolute Gasteiger partial charge is 0.480 e. The number of nitrogens with zero attached hydrogens (tertiary/aromatic N) is 1. The lowest BCUT2D eigenvalue weighted by molar-refractivity contribution is -0.140. The van der Waals surface area contributed by atoms with Gasteiger partial charge in [0, 0.05) is 6.42 Å². The summed E-state index contributed by atoms with van der Waals surface area (Å²) in [7, 11) is 0. The number of aliphatic carboxylic acids is 1. The molecule has 5 N–H and O–H groups in total. The molecule has 9 heteroatoms. The smallest absolute Gasteiger partial charge is 0.326 e. The van der Waals surface area contributed by atoms with Gasteiger partial charge in [0.1, 0.15) is 11.8 Å². The van der Waals surface area contributed by atoms with Crippen molar-refractivity contribution in [2.75, 3.05) is 0 Å². The van der Waals surface area contributed by atoms with Crippen LogP contribution in [-0.2, 0) is 22.6 Å². The summed E-state index contributed by atoms with van der Waals surface area (Å²) in [5.74, 6) is -1.18. The number of primary amides is 1. The molecule has 0 aromatic carbocycles. The molecule has 0 fully saturated rings. The Labute approximate surface area is 114 Å². The molecule has 0 radical (unpaired) electrons. The van der Waals surface area contributed by atoms with Gasteiger partial charge in [0.15, 0.2) is 0 Å². The first-order valence-corrected chi connectivity index (χ1v) is 5.91. The quantitative estimate of drug-likeness (QED) is 0.523. The van der Waals surface area contributed by atoms with Gasteiger partial charge in [-0.25, -0.2) is 14.6 Å². The maximum Gasteiger partial charge on any atom is 0.326 e. The second-order valence-electron chi connectivity index (χ2n) is 3.96. The number of aromatic nitrogens is 1. The number of hydrogen-bond donors (Lipinski definition) is 4. The molecule has 20 heavy (non-hydrogen) atoms. The Balaban J connectivity index is 2.45. The molecule has 1 aromatic heterocycles. The Hall–Kier alpha value is -2.58. The average Bonchev–Trinajstić information content (AvgIpc) is 2.83. The van der Waals surface area contributed by atoms with E-state index in [4.69, 9.17) is 15.3 Å². The van der Waals surface area contributed by atoms with Crippen LogP contribution in [0.3, 0.4) is 0 Å². The van der Waals surface area contributed by atoms with Crippen molar-refractivity contribution in [1.82, 2.24) is 15.6 Å². The lowest BCUT2D eigenvalue weighted by Gasteiger charge is -2.12. The zero-order valence-corrected chi connectivity index (χ0v) is 10.9. The van der Waals surface area contributed by atoms with E-state index in [0.717, 1.165) is 0 Å². The summed E-state index contributed by atoms with van der Waals surface area (Å²) in [4.78, 5) is 36.9. The number of nitrogens with one attached hydrogen (secondary N) is 2. The standard InChI is InChI=1S/C11H16N4O5/c1-2-6-4-13-9(20-6)5-14-11(19)15-7(10(17)18)3-8(12)16/h4,7H,2-3,5H2,1H3,(H2,12,16)(H,17,18)(H2,14,15,19). The van der Waals surface area contributed by atoms with Gasteiger partial charge in [0.05, 0.1) is 19.2 Å². The highest BCUT2D eigenvalue weighted by atomic mass is 16.4. The van der Waals surface area contributed by atoms with Gasteiger partial charge in [-0.2, -0.15) is 0 Å². The first-order chi connectivity index (χ1) is 9.42. The lowest BCUT2D eigenvalue weighted by Crippen LogP contribution is -2.47. The summed E-state index contributed by atoms with van der Waals surface area (Å²) in [6.45, 7) is 1.90. The van der Waals surface area contributed by atoms with Crippen molar-refractivity contribution in [1.29, 1.82) is 0 Å². The summed E-state index contributed by atoms with van der Waals surface area (Å²) >= 11 is 0. The van der Waals surface area contributed by atoms with Crippen LogP contribution in [0.15, 0.2) is 10.6 Å². The second-order valence-corrected chi connectivity index (χ2v) is 3.96. The number of urea groups is 1. The fourth-order valence-corrected chi connectivity index (χ4v) is 1.36. The molecule has 1 atom stereocenters. The number of nitrogens with two attached hydrogens (primary N) is 1. The molecular weight excluding hydrogens is 268 g/mol. The molecule has 1 heterocycles. The van der Waals surface area contributed by atoms with Crippen molar-refractivity contribution in [3.05, 3.63) is 17.8 Å². The van der Waals surface area contributed by atoms with Crippen LogP contribution in [0.5, 0.6) is 0 Å². The van der Waals surface area contributed by atoms with E-state index in [1.54, 1.807) is 6.20 Å². The fraction of sp³-hybridized carbons (Fsp3) is 0.455. The topological polar surface area (TPSA) is 148 Å². The van der Waals surface area contributed by atoms with Crippen molar-refractivity contribution in [3.8, 4) is 0 Å². The van der Waals surface area contributed by atoms with Crippen molar-refractivity contribution in [2.24, 2.45) is 5.73 Å². The molecule has 0 saturated carbocycles. The van der Waals surface area contributed by atoms with Crippen LogP contribution in [0.4, 0.5) is 4.79 Å². The zero-order valence-electron chi connectivity index (χ0n) is 10.9. The van der Waals surface area contributed by atoms with Gasteiger partial charge in [-0.15, -0.1) is 0 Å². The number of carboxylic acid groups (broad SMARTS) is 1. The van der Waals surface area contributed by atoms with Gasteiger partial charge >= 0.3 is 12.0 Å². The highest BCUT2D eigenvalue weighted by molar-refractivity contribution is 5.87. The molecule has 0 aliphatic rings. The molecule has 110 valence electrons. The van der Waals surface area contributed by atoms with Gasteiger partial charge in [-0.1, -0.05) is 6.92 Å². The molecule has 0 saturated heterocycles. The Bertz CT molecular complexity index is 499. The maximum absolute atomic E-state index is 11.5. The van der Waals surface area contributed by atoms with Crippen LogP contribution < -0.4 is 16.4 Å². The van der Waals surface area contributed by atoms with E-state index < -0.39 is 30.4 Å². The number of carboxylic acids is 1. The molecule has 0 bridgehead atoms. The van der Waals surface area contributed by atoms with Gasteiger partial charge in [0.25, 0.3) is 0 Å². The second kappa shape index (κ2) is 7.12. The number of rotatable bonds is 7. The van der Waals surface area contributed by atoms with Crippen molar-refractivity contribution >= 4 is 17.9 Å². The molecule has 1 rings (SSSR count). The Kier molecular flexibility index (Phi) is 5.51. The van der Waals surface area contributed by atoms with Crippen LogP contribution in [0.25, 0.3) is 0 Å². The first-order valence-electron chi connectivity index (χ1n) is 5.91. The van der Waals surface area contributed by atoms with Crippen LogP contribution in [0.2, 0.25) is 0 Å². The number of hydrogen-bond acceptors (Lipinski definition) is 5. The maximum atomic E-state index is 11.5. The number of oxazole rings is 1. The summed E-state index contributed by atoms with van der Waals surface area (Å²) in [6.07, 6.45) is 1.74.